The quantitative estimate of drug-likeness (QED) is 0.927. The third-order valence-corrected chi connectivity index (χ3v) is 4.80. The van der Waals surface area contributed by atoms with Crippen LogP contribution in [0.3, 0.4) is 0 Å². The Labute approximate surface area is 148 Å². The van der Waals surface area contributed by atoms with Gasteiger partial charge in [-0.1, -0.05) is 24.3 Å². The van der Waals surface area contributed by atoms with Crippen molar-refractivity contribution in [3.05, 3.63) is 59.9 Å². The molecular weight excluding hydrogens is 317 g/mol. The summed E-state index contributed by atoms with van der Waals surface area (Å²) in [6, 6.07) is 14.8. The van der Waals surface area contributed by atoms with Crippen molar-refractivity contribution in [1.82, 2.24) is 4.90 Å². The van der Waals surface area contributed by atoms with Crippen molar-refractivity contribution in [2.24, 2.45) is 0 Å². The second kappa shape index (κ2) is 7.66. The molecule has 5 heteroatoms. The first kappa shape index (κ1) is 17.4. The lowest BCUT2D eigenvalue weighted by Crippen LogP contribution is -2.52. The molecule has 0 bridgehead atoms. The van der Waals surface area contributed by atoms with Gasteiger partial charge in [0.15, 0.2) is 0 Å². The van der Waals surface area contributed by atoms with Gasteiger partial charge in [0.1, 0.15) is 5.82 Å². The zero-order valence-corrected chi connectivity index (χ0v) is 14.7. The van der Waals surface area contributed by atoms with E-state index in [9.17, 15) is 9.18 Å². The highest BCUT2D eigenvalue weighted by molar-refractivity contribution is 5.94. The van der Waals surface area contributed by atoms with Gasteiger partial charge in [-0.25, -0.2) is 4.39 Å². The number of carbonyl (C=O) groups excluding carboxylic acids is 1. The predicted molar refractivity (Wildman–Crippen MR) is 99.5 cm³/mol. The number of aryl methyl sites for hydroxylation is 1. The molecule has 1 aliphatic rings. The molecule has 1 atom stereocenters. The summed E-state index contributed by atoms with van der Waals surface area (Å²) in [4.78, 5) is 17.0. The standard InChI is InChI=1S/C20H24FN3O/c1-15-8-9-17(14-19(15)21)22-20(25)16(2)23-10-12-24(13-11-23)18-6-4-3-5-7-18/h3-9,14,16H,10-13H2,1-2H3,(H,22,25)/t16-/m0/s1. The van der Waals surface area contributed by atoms with Crippen LogP contribution < -0.4 is 10.2 Å². The number of piperazine rings is 1. The van der Waals surface area contributed by atoms with Gasteiger partial charge < -0.3 is 10.2 Å². The number of anilines is 2. The van der Waals surface area contributed by atoms with Gasteiger partial charge in [-0.2, -0.15) is 0 Å². The van der Waals surface area contributed by atoms with E-state index >= 15 is 0 Å². The largest absolute Gasteiger partial charge is 0.369 e. The summed E-state index contributed by atoms with van der Waals surface area (Å²) in [5.74, 6) is -0.404. The third-order valence-electron chi connectivity index (χ3n) is 4.80. The molecule has 132 valence electrons. The molecule has 4 nitrogen and oxygen atoms in total. The highest BCUT2D eigenvalue weighted by Crippen LogP contribution is 2.18. The van der Waals surface area contributed by atoms with E-state index < -0.39 is 0 Å². The van der Waals surface area contributed by atoms with E-state index in [1.807, 2.05) is 25.1 Å². The molecule has 0 radical (unpaired) electrons. The van der Waals surface area contributed by atoms with Crippen LogP contribution in [0.5, 0.6) is 0 Å². The Hall–Kier alpha value is -2.40. The molecule has 1 heterocycles. The minimum atomic E-state index is -0.304. The molecule has 1 saturated heterocycles. The van der Waals surface area contributed by atoms with Gasteiger partial charge in [0, 0.05) is 37.6 Å². The molecule has 0 aromatic heterocycles. The average molecular weight is 341 g/mol. The monoisotopic (exact) mass is 341 g/mol. The SMILES string of the molecule is Cc1ccc(NC(=O)[C@H](C)N2CCN(c3ccccc3)CC2)cc1F. The molecule has 1 aliphatic heterocycles. The molecule has 25 heavy (non-hydrogen) atoms. The number of hydrogen-bond donors (Lipinski definition) is 1. The van der Waals surface area contributed by atoms with Crippen LogP contribution in [-0.4, -0.2) is 43.0 Å². The minimum absolute atomic E-state index is 0.101. The Morgan fingerprint density at radius 2 is 1.76 bits per heavy atom. The smallest absolute Gasteiger partial charge is 0.241 e. The molecule has 0 spiro atoms. The second-order valence-electron chi connectivity index (χ2n) is 6.49. The van der Waals surface area contributed by atoms with Crippen molar-refractivity contribution < 1.29 is 9.18 Å². The Kier molecular flexibility index (Phi) is 5.34. The number of nitrogens with zero attached hydrogens (tertiary/aromatic N) is 2. The molecule has 0 unspecified atom stereocenters. The zero-order valence-electron chi connectivity index (χ0n) is 14.7. The summed E-state index contributed by atoms with van der Waals surface area (Å²) < 4.78 is 13.6. The maximum Gasteiger partial charge on any atom is 0.241 e. The van der Waals surface area contributed by atoms with Gasteiger partial charge in [0.2, 0.25) is 5.91 Å². The van der Waals surface area contributed by atoms with Gasteiger partial charge >= 0.3 is 0 Å². The van der Waals surface area contributed by atoms with Gasteiger partial charge in [-0.05, 0) is 43.7 Å². The molecule has 1 N–H and O–H groups in total. The normalized spacial score (nSPS) is 16.5. The summed E-state index contributed by atoms with van der Waals surface area (Å²) in [5, 5.41) is 2.82. The maximum absolute atomic E-state index is 13.6. The number of amides is 1. The van der Waals surface area contributed by atoms with Crippen molar-refractivity contribution in [2.45, 2.75) is 19.9 Å². The Bertz CT molecular complexity index is 727. The summed E-state index contributed by atoms with van der Waals surface area (Å²) in [7, 11) is 0. The molecule has 2 aromatic carbocycles. The van der Waals surface area contributed by atoms with Crippen LogP contribution in [0.25, 0.3) is 0 Å². The van der Waals surface area contributed by atoms with Crippen molar-refractivity contribution in [2.75, 3.05) is 36.4 Å². The number of para-hydroxylation sites is 1. The first-order valence-electron chi connectivity index (χ1n) is 8.65. The van der Waals surface area contributed by atoms with Crippen LogP contribution in [0.1, 0.15) is 12.5 Å². The summed E-state index contributed by atoms with van der Waals surface area (Å²) >= 11 is 0. The first-order valence-corrected chi connectivity index (χ1v) is 8.65. The molecule has 0 aliphatic carbocycles. The lowest BCUT2D eigenvalue weighted by molar-refractivity contribution is -0.120. The highest BCUT2D eigenvalue weighted by Gasteiger charge is 2.25. The molecule has 1 amide bonds. The number of nitrogens with one attached hydrogen (secondary N) is 1. The van der Waals surface area contributed by atoms with Gasteiger partial charge in [-0.3, -0.25) is 9.69 Å². The van der Waals surface area contributed by atoms with Crippen LogP contribution >= 0.6 is 0 Å². The van der Waals surface area contributed by atoms with Crippen LogP contribution in [0.2, 0.25) is 0 Å². The van der Waals surface area contributed by atoms with E-state index in [4.69, 9.17) is 0 Å². The van der Waals surface area contributed by atoms with E-state index in [0.717, 1.165) is 26.2 Å². The topological polar surface area (TPSA) is 35.6 Å². The summed E-state index contributed by atoms with van der Waals surface area (Å²) in [6.07, 6.45) is 0. The van der Waals surface area contributed by atoms with Crippen LogP contribution in [0.4, 0.5) is 15.8 Å². The fourth-order valence-electron chi connectivity index (χ4n) is 3.09. The predicted octanol–water partition coefficient (Wildman–Crippen LogP) is 3.28. The number of halogens is 1. The van der Waals surface area contributed by atoms with E-state index in [2.05, 4.69) is 27.2 Å². The molecule has 0 saturated carbocycles. The van der Waals surface area contributed by atoms with E-state index in [1.165, 1.54) is 11.8 Å². The minimum Gasteiger partial charge on any atom is -0.369 e. The van der Waals surface area contributed by atoms with Crippen molar-refractivity contribution in [3.8, 4) is 0 Å². The highest BCUT2D eigenvalue weighted by atomic mass is 19.1. The van der Waals surface area contributed by atoms with Crippen LogP contribution in [-0.2, 0) is 4.79 Å². The third kappa shape index (κ3) is 4.17. The lowest BCUT2D eigenvalue weighted by Gasteiger charge is -2.38. The lowest BCUT2D eigenvalue weighted by atomic mass is 10.1. The fourth-order valence-corrected chi connectivity index (χ4v) is 3.09. The first-order chi connectivity index (χ1) is 12.0. The number of hydrogen-bond acceptors (Lipinski definition) is 3. The van der Waals surface area contributed by atoms with Crippen molar-refractivity contribution in [3.63, 3.8) is 0 Å². The molecule has 2 aromatic rings. The van der Waals surface area contributed by atoms with E-state index in [1.54, 1.807) is 19.1 Å². The molecular formula is C20H24FN3O. The molecule has 1 fully saturated rings. The number of benzene rings is 2. The number of carbonyl (C=O) groups is 1. The van der Waals surface area contributed by atoms with Crippen LogP contribution in [0, 0.1) is 12.7 Å². The van der Waals surface area contributed by atoms with Crippen molar-refractivity contribution >= 4 is 17.3 Å². The van der Waals surface area contributed by atoms with Crippen molar-refractivity contribution in [1.29, 1.82) is 0 Å². The fraction of sp³-hybridized carbons (Fsp3) is 0.350. The Morgan fingerprint density at radius 3 is 2.40 bits per heavy atom. The van der Waals surface area contributed by atoms with Crippen LogP contribution in [0.15, 0.2) is 48.5 Å². The Morgan fingerprint density at radius 1 is 1.08 bits per heavy atom. The van der Waals surface area contributed by atoms with E-state index in [-0.39, 0.29) is 17.8 Å². The maximum atomic E-state index is 13.6. The van der Waals surface area contributed by atoms with Gasteiger partial charge in [-0.15, -0.1) is 0 Å². The van der Waals surface area contributed by atoms with E-state index in [0.29, 0.717) is 11.3 Å². The summed E-state index contributed by atoms with van der Waals surface area (Å²) in [5.41, 5.74) is 2.29. The Balaban J connectivity index is 1.55. The molecule has 3 rings (SSSR count). The second-order valence-corrected chi connectivity index (χ2v) is 6.49. The summed E-state index contributed by atoms with van der Waals surface area (Å²) in [6.45, 7) is 7.03. The average Bonchev–Trinajstić information content (AvgIpc) is 2.65. The number of rotatable bonds is 4. The van der Waals surface area contributed by atoms with Gasteiger partial charge in [0.25, 0.3) is 0 Å². The zero-order chi connectivity index (χ0) is 17.8. The van der Waals surface area contributed by atoms with Gasteiger partial charge in [0.05, 0.1) is 6.04 Å².